The third-order valence-electron chi connectivity index (χ3n) is 6.88. The van der Waals surface area contributed by atoms with Gasteiger partial charge in [-0.2, -0.15) is 0 Å². The molecule has 1 heterocycles. The van der Waals surface area contributed by atoms with Crippen LogP contribution in [0, 0.1) is 5.82 Å². The lowest BCUT2D eigenvalue weighted by Gasteiger charge is -2.27. The standard InChI is InChI=1S/C30H32FN3O3/c1-2-3-19-30(24-14-16-25(31)17-15-24)28(36)34(29(37)33-30)21-27(35)32-20-18-26(22-10-6-4-7-11-22)23-12-8-5-9-13-23/h4-17,26H,2-3,18-21H2,1H3,(H,32,35)(H,33,37)/t30-/m1/s1. The van der Waals surface area contributed by atoms with Crippen LogP contribution in [0.4, 0.5) is 9.18 Å². The summed E-state index contributed by atoms with van der Waals surface area (Å²) in [6.45, 7) is 2.00. The van der Waals surface area contributed by atoms with Gasteiger partial charge in [0.25, 0.3) is 5.91 Å². The zero-order valence-corrected chi connectivity index (χ0v) is 21.0. The van der Waals surface area contributed by atoms with Crippen molar-refractivity contribution in [3.05, 3.63) is 107 Å². The van der Waals surface area contributed by atoms with Crippen molar-refractivity contribution in [2.75, 3.05) is 13.1 Å². The molecule has 1 saturated heterocycles. The first-order valence-electron chi connectivity index (χ1n) is 12.7. The van der Waals surface area contributed by atoms with Crippen LogP contribution in [0.25, 0.3) is 0 Å². The van der Waals surface area contributed by atoms with Crippen LogP contribution in [0.2, 0.25) is 0 Å². The van der Waals surface area contributed by atoms with Crippen molar-refractivity contribution in [2.45, 2.75) is 44.1 Å². The third-order valence-corrected chi connectivity index (χ3v) is 6.88. The first-order chi connectivity index (χ1) is 17.9. The molecule has 1 aliphatic heterocycles. The SMILES string of the molecule is CCCC[C@]1(c2ccc(F)cc2)NC(=O)N(CC(=O)NCCC(c2ccccc2)c2ccccc2)C1=O. The van der Waals surface area contributed by atoms with Gasteiger partial charge in [-0.1, -0.05) is 92.6 Å². The lowest BCUT2D eigenvalue weighted by Crippen LogP contribution is -2.45. The summed E-state index contributed by atoms with van der Waals surface area (Å²) in [5.41, 5.74) is 1.51. The Bertz CT molecular complexity index is 1180. The quantitative estimate of drug-likeness (QED) is 0.359. The van der Waals surface area contributed by atoms with Crippen molar-refractivity contribution < 1.29 is 18.8 Å². The lowest BCUT2D eigenvalue weighted by atomic mass is 9.85. The molecule has 192 valence electrons. The maximum atomic E-state index is 13.5. The van der Waals surface area contributed by atoms with Crippen molar-refractivity contribution in [3.63, 3.8) is 0 Å². The van der Waals surface area contributed by atoms with Gasteiger partial charge in [0.15, 0.2) is 0 Å². The van der Waals surface area contributed by atoms with Gasteiger partial charge in [0.05, 0.1) is 0 Å². The zero-order valence-electron chi connectivity index (χ0n) is 21.0. The summed E-state index contributed by atoms with van der Waals surface area (Å²) in [6, 6.07) is 25.1. The molecule has 37 heavy (non-hydrogen) atoms. The molecule has 3 aromatic carbocycles. The molecule has 4 amide bonds. The second-order valence-corrected chi connectivity index (χ2v) is 9.35. The van der Waals surface area contributed by atoms with Gasteiger partial charge in [0.1, 0.15) is 17.9 Å². The molecular formula is C30H32FN3O3. The number of carbonyl (C=O) groups excluding carboxylic acids is 3. The highest BCUT2D eigenvalue weighted by Crippen LogP contribution is 2.34. The van der Waals surface area contributed by atoms with E-state index in [2.05, 4.69) is 34.9 Å². The third kappa shape index (κ3) is 5.88. The molecule has 0 spiro atoms. The van der Waals surface area contributed by atoms with E-state index in [1.807, 2.05) is 43.3 Å². The minimum absolute atomic E-state index is 0.0968. The maximum Gasteiger partial charge on any atom is 0.325 e. The van der Waals surface area contributed by atoms with E-state index in [0.717, 1.165) is 22.4 Å². The summed E-state index contributed by atoms with van der Waals surface area (Å²) in [7, 11) is 0. The number of hydrogen-bond donors (Lipinski definition) is 2. The van der Waals surface area contributed by atoms with Crippen molar-refractivity contribution >= 4 is 17.8 Å². The second-order valence-electron chi connectivity index (χ2n) is 9.35. The number of unbranched alkanes of at least 4 members (excludes halogenated alkanes) is 1. The number of hydrogen-bond acceptors (Lipinski definition) is 3. The van der Waals surface area contributed by atoms with E-state index in [9.17, 15) is 18.8 Å². The molecule has 1 fully saturated rings. The van der Waals surface area contributed by atoms with E-state index < -0.39 is 29.2 Å². The first kappa shape index (κ1) is 26.1. The number of benzene rings is 3. The van der Waals surface area contributed by atoms with E-state index in [0.29, 0.717) is 31.4 Å². The first-order valence-corrected chi connectivity index (χ1v) is 12.7. The van der Waals surface area contributed by atoms with Gasteiger partial charge < -0.3 is 10.6 Å². The summed E-state index contributed by atoms with van der Waals surface area (Å²) in [5.74, 6) is -1.22. The predicted octanol–water partition coefficient (Wildman–Crippen LogP) is 5.10. The van der Waals surface area contributed by atoms with Crippen LogP contribution in [0.15, 0.2) is 84.9 Å². The molecule has 0 bridgehead atoms. The average molecular weight is 502 g/mol. The van der Waals surface area contributed by atoms with Crippen molar-refractivity contribution in [3.8, 4) is 0 Å². The van der Waals surface area contributed by atoms with E-state index in [1.165, 1.54) is 24.3 Å². The smallest absolute Gasteiger partial charge is 0.325 e. The minimum Gasteiger partial charge on any atom is -0.355 e. The number of nitrogens with one attached hydrogen (secondary N) is 2. The summed E-state index contributed by atoms with van der Waals surface area (Å²) in [6.07, 6.45) is 2.53. The van der Waals surface area contributed by atoms with Crippen LogP contribution in [0.3, 0.4) is 0 Å². The molecule has 1 aliphatic rings. The van der Waals surface area contributed by atoms with E-state index >= 15 is 0 Å². The second kappa shape index (κ2) is 11.8. The van der Waals surface area contributed by atoms with Gasteiger partial charge in [-0.15, -0.1) is 0 Å². The molecule has 1 atom stereocenters. The van der Waals surface area contributed by atoms with Crippen LogP contribution >= 0.6 is 0 Å². The number of nitrogens with zero attached hydrogens (tertiary/aromatic N) is 1. The van der Waals surface area contributed by atoms with Crippen LogP contribution < -0.4 is 10.6 Å². The predicted molar refractivity (Wildman–Crippen MR) is 140 cm³/mol. The molecule has 0 radical (unpaired) electrons. The Balaban J connectivity index is 1.42. The minimum atomic E-state index is -1.30. The number of urea groups is 1. The van der Waals surface area contributed by atoms with Crippen LogP contribution in [0.1, 0.15) is 55.2 Å². The zero-order chi connectivity index (χ0) is 26.3. The molecule has 7 heteroatoms. The fourth-order valence-electron chi connectivity index (χ4n) is 4.91. The molecule has 0 aromatic heterocycles. The topological polar surface area (TPSA) is 78.5 Å². The molecule has 4 rings (SSSR count). The Morgan fingerprint density at radius 1 is 0.946 bits per heavy atom. The molecule has 6 nitrogen and oxygen atoms in total. The molecule has 2 N–H and O–H groups in total. The highest BCUT2D eigenvalue weighted by Gasteiger charge is 2.52. The summed E-state index contributed by atoms with van der Waals surface area (Å²) in [5, 5.41) is 5.67. The molecule has 0 aliphatic carbocycles. The molecule has 3 aromatic rings. The van der Waals surface area contributed by atoms with Crippen molar-refractivity contribution in [2.24, 2.45) is 0 Å². The molecular weight excluding hydrogens is 469 g/mol. The maximum absolute atomic E-state index is 13.5. The fraction of sp³-hybridized carbons (Fsp3) is 0.300. The Morgan fingerprint density at radius 3 is 2.11 bits per heavy atom. The van der Waals surface area contributed by atoms with Crippen LogP contribution in [-0.2, 0) is 15.1 Å². The largest absolute Gasteiger partial charge is 0.355 e. The Morgan fingerprint density at radius 2 is 1.54 bits per heavy atom. The summed E-state index contributed by atoms with van der Waals surface area (Å²) < 4.78 is 13.5. The fourth-order valence-corrected chi connectivity index (χ4v) is 4.91. The summed E-state index contributed by atoms with van der Waals surface area (Å²) in [4.78, 5) is 40.1. The Kier molecular flexibility index (Phi) is 8.33. The molecule has 0 saturated carbocycles. The monoisotopic (exact) mass is 501 g/mol. The number of halogens is 1. The molecule has 0 unspecified atom stereocenters. The lowest BCUT2D eigenvalue weighted by molar-refractivity contribution is -0.135. The van der Waals surface area contributed by atoms with Crippen LogP contribution in [0.5, 0.6) is 0 Å². The van der Waals surface area contributed by atoms with E-state index in [4.69, 9.17) is 0 Å². The van der Waals surface area contributed by atoms with E-state index in [-0.39, 0.29) is 12.5 Å². The van der Waals surface area contributed by atoms with Gasteiger partial charge in [-0.3, -0.25) is 14.5 Å². The number of imide groups is 1. The van der Waals surface area contributed by atoms with Gasteiger partial charge >= 0.3 is 6.03 Å². The number of carbonyl (C=O) groups is 3. The van der Waals surface area contributed by atoms with Crippen molar-refractivity contribution in [1.29, 1.82) is 0 Å². The van der Waals surface area contributed by atoms with Crippen LogP contribution in [-0.4, -0.2) is 35.8 Å². The van der Waals surface area contributed by atoms with Gasteiger partial charge in [0.2, 0.25) is 5.91 Å². The van der Waals surface area contributed by atoms with Crippen molar-refractivity contribution in [1.82, 2.24) is 15.5 Å². The Hall–Kier alpha value is -4.00. The number of amides is 4. The van der Waals surface area contributed by atoms with E-state index in [1.54, 1.807) is 0 Å². The number of rotatable bonds is 11. The highest BCUT2D eigenvalue weighted by molar-refractivity contribution is 6.09. The van der Waals surface area contributed by atoms with Gasteiger partial charge in [-0.05, 0) is 41.7 Å². The van der Waals surface area contributed by atoms with Gasteiger partial charge in [0, 0.05) is 12.5 Å². The normalized spacial score (nSPS) is 17.2. The van der Waals surface area contributed by atoms with Gasteiger partial charge in [-0.25, -0.2) is 9.18 Å². The highest BCUT2D eigenvalue weighted by atomic mass is 19.1. The summed E-state index contributed by atoms with van der Waals surface area (Å²) >= 11 is 0. The Labute approximate surface area is 216 Å². The average Bonchev–Trinajstić information content (AvgIpc) is 3.16.